The average Bonchev–Trinajstić information content (AvgIpc) is 3.08. The number of aromatic nitrogens is 2. The summed E-state index contributed by atoms with van der Waals surface area (Å²) in [7, 11) is 0. The van der Waals surface area contributed by atoms with Crippen LogP contribution in [-0.2, 0) is 0 Å². The Morgan fingerprint density at radius 3 is 2.78 bits per heavy atom. The Kier molecular flexibility index (Phi) is 4.14. The van der Waals surface area contributed by atoms with Gasteiger partial charge in [0.1, 0.15) is 5.82 Å². The third-order valence-corrected chi connectivity index (χ3v) is 4.44. The lowest BCUT2D eigenvalue weighted by molar-refractivity contribution is 0.102. The molecule has 2 aromatic heterocycles. The van der Waals surface area contributed by atoms with Gasteiger partial charge in [0.2, 0.25) is 5.89 Å². The molecular formula is C15H11ClFN3O2S. The van der Waals surface area contributed by atoms with E-state index in [4.69, 9.17) is 16.0 Å². The lowest BCUT2D eigenvalue weighted by atomic mass is 10.2. The zero-order valence-corrected chi connectivity index (χ0v) is 13.8. The van der Waals surface area contributed by atoms with Gasteiger partial charge in [0.05, 0.1) is 21.2 Å². The van der Waals surface area contributed by atoms with Gasteiger partial charge in [-0.1, -0.05) is 11.6 Å². The van der Waals surface area contributed by atoms with E-state index in [1.165, 1.54) is 23.5 Å². The van der Waals surface area contributed by atoms with Crippen molar-refractivity contribution in [3.8, 4) is 10.8 Å². The van der Waals surface area contributed by atoms with Gasteiger partial charge in [0.15, 0.2) is 0 Å². The lowest BCUT2D eigenvalue weighted by Crippen LogP contribution is -2.12. The van der Waals surface area contributed by atoms with Gasteiger partial charge in [0, 0.05) is 11.8 Å². The molecule has 0 aliphatic heterocycles. The molecule has 0 saturated heterocycles. The number of nitrogens with one attached hydrogen (secondary N) is 1. The van der Waals surface area contributed by atoms with E-state index >= 15 is 0 Å². The molecule has 3 aromatic rings. The lowest BCUT2D eigenvalue weighted by Gasteiger charge is -2.06. The maximum atomic E-state index is 13.3. The van der Waals surface area contributed by atoms with Crippen LogP contribution in [0.25, 0.3) is 10.8 Å². The third-order valence-electron chi connectivity index (χ3n) is 3.08. The highest BCUT2D eigenvalue weighted by Crippen LogP contribution is 2.34. The molecule has 0 fully saturated rings. The normalized spacial score (nSPS) is 10.8. The summed E-state index contributed by atoms with van der Waals surface area (Å²) in [5.74, 6) is -0.157. The minimum absolute atomic E-state index is 0.0763. The van der Waals surface area contributed by atoms with Crippen molar-refractivity contribution in [3.05, 3.63) is 51.4 Å². The molecule has 1 amide bonds. The van der Waals surface area contributed by atoms with E-state index in [0.29, 0.717) is 17.5 Å². The van der Waals surface area contributed by atoms with Gasteiger partial charge in [-0.05, 0) is 31.2 Å². The van der Waals surface area contributed by atoms with E-state index in [-0.39, 0.29) is 10.6 Å². The Morgan fingerprint density at radius 2 is 2.09 bits per heavy atom. The van der Waals surface area contributed by atoms with Crippen molar-refractivity contribution in [1.82, 2.24) is 10.2 Å². The highest BCUT2D eigenvalue weighted by Gasteiger charge is 2.17. The summed E-state index contributed by atoms with van der Waals surface area (Å²) in [5.41, 5.74) is 0.665. The van der Waals surface area contributed by atoms with Gasteiger partial charge in [-0.3, -0.25) is 4.79 Å². The van der Waals surface area contributed by atoms with Crippen molar-refractivity contribution < 1.29 is 13.6 Å². The van der Waals surface area contributed by atoms with Crippen molar-refractivity contribution in [2.45, 2.75) is 13.8 Å². The fraction of sp³-hybridized carbons (Fsp3) is 0.133. The number of hydrogen-bond donors (Lipinski definition) is 1. The molecule has 0 radical (unpaired) electrons. The Balaban J connectivity index is 1.87. The molecule has 0 aliphatic carbocycles. The Bertz CT molecular complexity index is 891. The number of nitrogens with zero attached hydrogens (tertiary/aromatic N) is 2. The molecule has 1 N–H and O–H groups in total. The largest absolute Gasteiger partial charge is 0.420 e. The first-order chi connectivity index (χ1) is 10.9. The highest BCUT2D eigenvalue weighted by molar-refractivity contribution is 7.15. The van der Waals surface area contributed by atoms with Crippen LogP contribution in [0.2, 0.25) is 5.02 Å². The number of rotatable bonds is 3. The van der Waals surface area contributed by atoms with Gasteiger partial charge in [-0.25, -0.2) is 4.39 Å². The molecule has 8 heteroatoms. The van der Waals surface area contributed by atoms with Gasteiger partial charge in [-0.2, -0.15) is 0 Å². The molecule has 0 saturated carbocycles. The van der Waals surface area contributed by atoms with Crippen molar-refractivity contribution in [2.24, 2.45) is 0 Å². The maximum Gasteiger partial charge on any atom is 0.257 e. The number of hydrogen-bond acceptors (Lipinski definition) is 5. The fourth-order valence-electron chi connectivity index (χ4n) is 1.97. The summed E-state index contributed by atoms with van der Waals surface area (Å²) < 4.78 is 18.7. The number of carbonyl (C=O) groups is 1. The second-order valence-corrected chi connectivity index (χ2v) is 6.45. The standard InChI is InChI=1S/C15H11ClFN3O2S/c1-7-12(6-13(23-7)15-20-19-8(2)22-15)18-14(21)10-5-9(17)3-4-11(10)16/h3-6H,1-2H3,(H,18,21). The molecular weight excluding hydrogens is 341 g/mol. The second kappa shape index (κ2) is 6.10. The van der Waals surface area contributed by atoms with Crippen molar-refractivity contribution in [2.75, 3.05) is 5.32 Å². The molecule has 0 bridgehead atoms. The predicted molar refractivity (Wildman–Crippen MR) is 86.4 cm³/mol. The number of carbonyl (C=O) groups excluding carboxylic acids is 1. The van der Waals surface area contributed by atoms with Gasteiger partial charge < -0.3 is 9.73 Å². The van der Waals surface area contributed by atoms with Crippen LogP contribution in [0.5, 0.6) is 0 Å². The Hall–Kier alpha value is -2.25. The number of halogens is 2. The molecule has 0 aliphatic rings. The zero-order valence-electron chi connectivity index (χ0n) is 12.2. The van der Waals surface area contributed by atoms with Crippen LogP contribution in [0.4, 0.5) is 10.1 Å². The average molecular weight is 352 g/mol. The van der Waals surface area contributed by atoms with Crippen LogP contribution in [0.3, 0.4) is 0 Å². The minimum atomic E-state index is -0.524. The van der Waals surface area contributed by atoms with E-state index in [9.17, 15) is 9.18 Å². The molecule has 118 valence electrons. The van der Waals surface area contributed by atoms with E-state index in [0.717, 1.165) is 15.8 Å². The Morgan fingerprint density at radius 1 is 1.30 bits per heavy atom. The number of benzene rings is 1. The zero-order chi connectivity index (χ0) is 16.6. The summed E-state index contributed by atoms with van der Waals surface area (Å²) in [6.07, 6.45) is 0. The summed E-state index contributed by atoms with van der Waals surface area (Å²) >= 11 is 7.35. The van der Waals surface area contributed by atoms with Gasteiger partial charge in [0.25, 0.3) is 11.8 Å². The second-order valence-electron chi connectivity index (χ2n) is 4.79. The molecule has 0 unspecified atom stereocenters. The predicted octanol–water partition coefficient (Wildman–Crippen LogP) is 4.46. The molecule has 5 nitrogen and oxygen atoms in total. The van der Waals surface area contributed by atoms with Crippen molar-refractivity contribution in [3.63, 3.8) is 0 Å². The van der Waals surface area contributed by atoms with E-state index in [2.05, 4.69) is 15.5 Å². The summed E-state index contributed by atoms with van der Waals surface area (Å²) in [4.78, 5) is 13.9. The van der Waals surface area contributed by atoms with Crippen LogP contribution >= 0.6 is 22.9 Å². The topological polar surface area (TPSA) is 68.0 Å². The van der Waals surface area contributed by atoms with Crippen LogP contribution in [0.15, 0.2) is 28.7 Å². The molecule has 1 aromatic carbocycles. The smallest absolute Gasteiger partial charge is 0.257 e. The third kappa shape index (κ3) is 3.25. The van der Waals surface area contributed by atoms with Crippen LogP contribution < -0.4 is 5.32 Å². The van der Waals surface area contributed by atoms with E-state index in [1.807, 2.05) is 6.92 Å². The summed E-state index contributed by atoms with van der Waals surface area (Å²) in [6, 6.07) is 5.38. The van der Waals surface area contributed by atoms with Gasteiger partial charge in [-0.15, -0.1) is 21.5 Å². The number of amides is 1. The number of anilines is 1. The SMILES string of the molecule is Cc1nnc(-c2cc(NC(=O)c3cc(F)ccc3Cl)c(C)s2)o1. The molecule has 0 spiro atoms. The van der Waals surface area contributed by atoms with E-state index < -0.39 is 11.7 Å². The van der Waals surface area contributed by atoms with Gasteiger partial charge >= 0.3 is 0 Å². The fourth-order valence-corrected chi connectivity index (χ4v) is 3.07. The van der Waals surface area contributed by atoms with Crippen molar-refractivity contribution >= 4 is 34.5 Å². The minimum Gasteiger partial charge on any atom is -0.420 e. The van der Waals surface area contributed by atoms with Crippen LogP contribution in [0.1, 0.15) is 21.1 Å². The molecule has 23 heavy (non-hydrogen) atoms. The van der Waals surface area contributed by atoms with Crippen LogP contribution in [0, 0.1) is 19.7 Å². The molecule has 3 rings (SSSR count). The first kappa shape index (κ1) is 15.6. The maximum absolute atomic E-state index is 13.3. The number of aryl methyl sites for hydroxylation is 2. The summed E-state index contributed by atoms with van der Waals surface area (Å²) in [5, 5.41) is 10.6. The first-order valence-electron chi connectivity index (χ1n) is 6.61. The molecule has 2 heterocycles. The van der Waals surface area contributed by atoms with Crippen LogP contribution in [-0.4, -0.2) is 16.1 Å². The van der Waals surface area contributed by atoms with Crippen molar-refractivity contribution in [1.29, 1.82) is 0 Å². The number of thiophene rings is 1. The monoisotopic (exact) mass is 351 g/mol. The first-order valence-corrected chi connectivity index (χ1v) is 7.81. The summed E-state index contributed by atoms with van der Waals surface area (Å²) in [6.45, 7) is 3.55. The quantitative estimate of drug-likeness (QED) is 0.756. The highest BCUT2D eigenvalue weighted by atomic mass is 35.5. The Labute approximate surface area is 140 Å². The van der Waals surface area contributed by atoms with E-state index in [1.54, 1.807) is 13.0 Å². The molecule has 0 atom stereocenters.